The van der Waals surface area contributed by atoms with Gasteiger partial charge in [-0.25, -0.2) is 19.2 Å². The Labute approximate surface area is 285 Å². The number of pyridine rings is 2. The lowest BCUT2D eigenvalue weighted by atomic mass is 9.94. The van der Waals surface area contributed by atoms with Gasteiger partial charge in [-0.3, -0.25) is 19.6 Å². The van der Waals surface area contributed by atoms with Crippen LogP contribution in [0.2, 0.25) is 0 Å². The third-order valence-corrected chi connectivity index (χ3v) is 7.16. The molecule has 0 aliphatic carbocycles. The minimum absolute atomic E-state index is 0.0315. The average Bonchev–Trinajstić information content (AvgIpc) is 3.14. The molecule has 13 nitrogen and oxygen atoms in total. The molecule has 262 valence electrons. The predicted octanol–water partition coefficient (Wildman–Crippen LogP) is 4.94. The second-order valence-electron chi connectivity index (χ2n) is 10.9. The lowest BCUT2D eigenvalue weighted by molar-refractivity contribution is -0.144. The van der Waals surface area contributed by atoms with Gasteiger partial charge in [0.2, 0.25) is 0 Å². The zero-order valence-electron chi connectivity index (χ0n) is 28.2. The van der Waals surface area contributed by atoms with Crippen molar-refractivity contribution in [1.82, 2.24) is 15.3 Å². The molecule has 2 atom stereocenters. The fraction of sp³-hybridized carbons (Fsp3) is 0.389. The summed E-state index contributed by atoms with van der Waals surface area (Å²) in [7, 11) is 1.20. The number of esters is 3. The van der Waals surface area contributed by atoms with E-state index in [2.05, 4.69) is 20.0 Å². The molecule has 0 aliphatic rings. The molecule has 13 heteroatoms. The smallest absolute Gasteiger partial charge is 0.408 e. The van der Waals surface area contributed by atoms with E-state index in [1.807, 2.05) is 44.2 Å². The van der Waals surface area contributed by atoms with Gasteiger partial charge in [-0.1, -0.05) is 51.1 Å². The molecular formula is C36H43N3O10. The van der Waals surface area contributed by atoms with Gasteiger partial charge in [-0.15, -0.1) is 0 Å². The monoisotopic (exact) mass is 677 g/mol. The van der Waals surface area contributed by atoms with Crippen molar-refractivity contribution in [3.63, 3.8) is 0 Å². The number of ketones is 2. The van der Waals surface area contributed by atoms with Gasteiger partial charge in [0, 0.05) is 55.9 Å². The summed E-state index contributed by atoms with van der Waals surface area (Å²) in [5.41, 5.74) is 1.47. The van der Waals surface area contributed by atoms with Crippen molar-refractivity contribution in [2.75, 3.05) is 20.3 Å². The molecule has 0 saturated heterocycles. The molecule has 3 aromatic rings. The first kappa shape index (κ1) is 39.7. The third-order valence-electron chi connectivity index (χ3n) is 7.16. The summed E-state index contributed by atoms with van der Waals surface area (Å²) in [6, 6.07) is 14.6. The van der Waals surface area contributed by atoms with Crippen molar-refractivity contribution in [3.8, 4) is 0 Å². The number of ether oxygens (including phenoxy) is 4. The highest BCUT2D eigenvalue weighted by Crippen LogP contribution is 2.15. The molecule has 0 spiro atoms. The summed E-state index contributed by atoms with van der Waals surface area (Å²) >= 11 is 0. The highest BCUT2D eigenvalue weighted by Gasteiger charge is 2.25. The quantitative estimate of drug-likeness (QED) is 0.151. The molecule has 0 saturated carbocycles. The first-order chi connectivity index (χ1) is 23.6. The largest absolute Gasteiger partial charge is 0.467 e. The predicted molar refractivity (Wildman–Crippen MR) is 177 cm³/mol. The van der Waals surface area contributed by atoms with E-state index in [0.29, 0.717) is 11.1 Å². The topological polar surface area (TPSA) is 177 Å². The van der Waals surface area contributed by atoms with Gasteiger partial charge in [0.15, 0.2) is 0 Å². The Morgan fingerprint density at radius 3 is 1.80 bits per heavy atom. The normalized spacial score (nSPS) is 11.5. The Morgan fingerprint density at radius 1 is 0.755 bits per heavy atom. The molecule has 2 aromatic heterocycles. The molecule has 0 bridgehead atoms. The number of benzene rings is 1. The molecule has 1 aromatic carbocycles. The Kier molecular flexibility index (Phi) is 18.0. The highest BCUT2D eigenvalue weighted by molar-refractivity contribution is 5.90. The van der Waals surface area contributed by atoms with Gasteiger partial charge in [0.05, 0.1) is 31.5 Å². The Hall–Kier alpha value is -5.46. The molecule has 1 N–H and O–H groups in total. The van der Waals surface area contributed by atoms with Crippen molar-refractivity contribution >= 4 is 35.6 Å². The number of rotatable bonds is 17. The lowest BCUT2D eigenvalue weighted by Crippen LogP contribution is -2.43. The number of nitrogens with zero attached hydrogens (tertiary/aromatic N) is 2. The number of Topliss-reactive ketones (excluding diaryl/α,β-unsaturated/α-hetero) is 2. The maximum atomic E-state index is 12.3. The van der Waals surface area contributed by atoms with Crippen molar-refractivity contribution in [2.45, 2.75) is 59.1 Å². The number of amides is 1. The van der Waals surface area contributed by atoms with Crippen LogP contribution in [0.25, 0.3) is 0 Å². The molecule has 0 aliphatic heterocycles. The summed E-state index contributed by atoms with van der Waals surface area (Å²) < 4.78 is 20.2. The maximum Gasteiger partial charge on any atom is 0.408 e. The van der Waals surface area contributed by atoms with Crippen LogP contribution in [-0.2, 0) is 39.9 Å². The van der Waals surface area contributed by atoms with E-state index in [9.17, 15) is 28.8 Å². The number of hydrogen-bond acceptors (Lipinski definition) is 12. The van der Waals surface area contributed by atoms with Crippen LogP contribution < -0.4 is 5.32 Å². The zero-order valence-corrected chi connectivity index (χ0v) is 28.2. The molecular weight excluding hydrogens is 634 g/mol. The number of aromatic nitrogens is 2. The lowest BCUT2D eigenvalue weighted by Gasteiger charge is -2.18. The van der Waals surface area contributed by atoms with E-state index in [4.69, 9.17) is 14.2 Å². The average molecular weight is 678 g/mol. The molecule has 1 amide bonds. The van der Waals surface area contributed by atoms with Gasteiger partial charge in [-0.2, -0.15) is 0 Å². The Balaban J connectivity index is 0.000000355. The van der Waals surface area contributed by atoms with Crippen LogP contribution in [0.3, 0.4) is 0 Å². The summed E-state index contributed by atoms with van der Waals surface area (Å²) in [6.45, 7) is 5.49. The van der Waals surface area contributed by atoms with Crippen LogP contribution in [0.5, 0.6) is 0 Å². The molecule has 3 rings (SSSR count). The van der Waals surface area contributed by atoms with Crippen LogP contribution in [0.1, 0.15) is 72.7 Å². The van der Waals surface area contributed by atoms with E-state index >= 15 is 0 Å². The van der Waals surface area contributed by atoms with Crippen molar-refractivity contribution in [3.05, 3.63) is 96.1 Å². The van der Waals surface area contributed by atoms with Gasteiger partial charge >= 0.3 is 24.0 Å². The highest BCUT2D eigenvalue weighted by atomic mass is 16.6. The number of methoxy groups -OCH3 is 1. The van der Waals surface area contributed by atoms with Crippen LogP contribution in [0.15, 0.2) is 79.4 Å². The zero-order chi connectivity index (χ0) is 36.0. The van der Waals surface area contributed by atoms with Crippen LogP contribution in [0, 0.1) is 11.8 Å². The van der Waals surface area contributed by atoms with Gasteiger partial charge in [0.25, 0.3) is 0 Å². The Bertz CT molecular complexity index is 1430. The van der Waals surface area contributed by atoms with Crippen molar-refractivity contribution < 1.29 is 47.7 Å². The number of carbonyl (C=O) groups is 6. The number of alkyl carbamates (subject to hydrolysis) is 1. The van der Waals surface area contributed by atoms with Crippen LogP contribution in [0.4, 0.5) is 4.79 Å². The van der Waals surface area contributed by atoms with Crippen LogP contribution in [-0.4, -0.2) is 71.9 Å². The van der Waals surface area contributed by atoms with E-state index in [0.717, 1.165) is 12.0 Å². The molecule has 2 unspecified atom stereocenters. The summed E-state index contributed by atoms with van der Waals surface area (Å²) in [5, 5.41) is 2.35. The molecule has 2 heterocycles. The third kappa shape index (κ3) is 15.3. The maximum absolute atomic E-state index is 12.3. The van der Waals surface area contributed by atoms with E-state index < -0.39 is 36.0 Å². The number of nitrogens with one attached hydrogen (secondary N) is 1. The SMILES string of the molecule is CCC(=O)CC(NC(=O)OCc1ccccc1)C(=O)OC.CCC(C)C(=O)CC(COC(=O)c1cccnc1)COC(=O)c1cccnc1. The summed E-state index contributed by atoms with van der Waals surface area (Å²) in [4.78, 5) is 78.9. The van der Waals surface area contributed by atoms with Crippen LogP contribution >= 0.6 is 0 Å². The van der Waals surface area contributed by atoms with Crippen molar-refractivity contribution in [2.24, 2.45) is 11.8 Å². The fourth-order valence-electron chi connectivity index (χ4n) is 4.01. The second-order valence-corrected chi connectivity index (χ2v) is 10.9. The fourth-order valence-corrected chi connectivity index (χ4v) is 4.01. The first-order valence-corrected chi connectivity index (χ1v) is 15.8. The minimum Gasteiger partial charge on any atom is -0.467 e. The van der Waals surface area contributed by atoms with Crippen molar-refractivity contribution in [1.29, 1.82) is 0 Å². The first-order valence-electron chi connectivity index (χ1n) is 15.8. The summed E-state index contributed by atoms with van der Waals surface area (Å²) in [5.74, 6) is -2.38. The minimum atomic E-state index is -1.02. The van der Waals surface area contributed by atoms with E-state index in [1.165, 1.54) is 19.5 Å². The second kappa shape index (κ2) is 22.2. The molecule has 0 fully saturated rings. The Morgan fingerprint density at radius 2 is 1.33 bits per heavy atom. The van der Waals surface area contributed by atoms with Gasteiger partial charge in [0.1, 0.15) is 24.2 Å². The summed E-state index contributed by atoms with van der Waals surface area (Å²) in [6.07, 6.45) is 6.22. The van der Waals surface area contributed by atoms with E-state index in [-0.39, 0.29) is 56.6 Å². The standard InChI is InChI=1S/C21H24N2O5.C15H19NO5/c1-3-15(2)19(24)10-16(13-27-20(25)17-6-4-8-22-11-17)14-28-21(26)18-7-5-9-23-12-18;1-3-12(17)9-13(14(18)20-2)16-15(19)21-10-11-7-5-4-6-8-11/h4-9,11-12,15-16H,3,10,13-14H2,1-2H3;4-8,13H,3,9-10H2,1-2H3,(H,16,19). The number of carbonyl (C=O) groups excluding carboxylic acids is 6. The molecule has 0 radical (unpaired) electrons. The van der Waals surface area contributed by atoms with E-state index in [1.54, 1.807) is 43.6 Å². The number of hydrogen-bond donors (Lipinski definition) is 1. The van der Waals surface area contributed by atoms with Gasteiger partial charge < -0.3 is 24.3 Å². The molecule has 49 heavy (non-hydrogen) atoms. The van der Waals surface area contributed by atoms with Gasteiger partial charge in [-0.05, 0) is 36.2 Å².